The number of amides is 1. The number of hydrogen-bond acceptors (Lipinski definition) is 5. The number of benzene rings is 1. The van der Waals surface area contributed by atoms with Crippen molar-refractivity contribution in [3.05, 3.63) is 41.7 Å². The molecular formula is C14H15FN4O3. The van der Waals surface area contributed by atoms with Gasteiger partial charge in [-0.15, -0.1) is 0 Å². The Labute approximate surface area is 125 Å². The Hall–Kier alpha value is -2.48. The Morgan fingerprint density at radius 1 is 1.55 bits per heavy atom. The molecule has 1 aromatic carbocycles. The van der Waals surface area contributed by atoms with Crippen LogP contribution in [0.5, 0.6) is 5.75 Å². The fourth-order valence-corrected chi connectivity index (χ4v) is 2.46. The molecule has 0 spiro atoms. The summed E-state index contributed by atoms with van der Waals surface area (Å²) in [6.45, 7) is 0.497. The molecule has 0 bridgehead atoms. The molecule has 2 N–H and O–H groups in total. The first-order chi connectivity index (χ1) is 10.7. The number of halogens is 1. The largest absolute Gasteiger partial charge is 0.496 e. The van der Waals surface area contributed by atoms with Gasteiger partial charge < -0.3 is 14.8 Å². The highest BCUT2D eigenvalue weighted by atomic mass is 19.1. The molecule has 0 saturated carbocycles. The van der Waals surface area contributed by atoms with Crippen molar-refractivity contribution < 1.29 is 18.7 Å². The van der Waals surface area contributed by atoms with Crippen LogP contribution in [0.4, 0.5) is 4.39 Å². The summed E-state index contributed by atoms with van der Waals surface area (Å²) < 4.78 is 24.0. The number of methoxy groups -OCH3 is 1. The number of carbonyl (C=O) groups is 1. The highest BCUT2D eigenvalue weighted by Crippen LogP contribution is 2.27. The molecule has 0 radical (unpaired) electrons. The van der Waals surface area contributed by atoms with Crippen LogP contribution in [0.2, 0.25) is 0 Å². The third-order valence-corrected chi connectivity index (χ3v) is 3.52. The van der Waals surface area contributed by atoms with E-state index in [1.807, 2.05) is 0 Å². The Balaban J connectivity index is 1.78. The molecule has 0 unspecified atom stereocenters. The van der Waals surface area contributed by atoms with Crippen LogP contribution in [0.1, 0.15) is 28.7 Å². The predicted octanol–water partition coefficient (Wildman–Crippen LogP) is 1.21. The normalized spacial score (nSPS) is 20.8. The average molecular weight is 306 g/mol. The van der Waals surface area contributed by atoms with E-state index in [0.29, 0.717) is 24.6 Å². The zero-order valence-electron chi connectivity index (χ0n) is 11.9. The van der Waals surface area contributed by atoms with Crippen molar-refractivity contribution in [2.24, 2.45) is 0 Å². The van der Waals surface area contributed by atoms with E-state index in [2.05, 4.69) is 20.5 Å². The molecule has 1 saturated heterocycles. The lowest BCUT2D eigenvalue weighted by molar-refractivity contribution is 0.0790. The van der Waals surface area contributed by atoms with Crippen molar-refractivity contribution in [2.75, 3.05) is 13.7 Å². The smallest absolute Gasteiger partial charge is 0.255 e. The fraction of sp³-hybridized carbons (Fsp3) is 0.357. The van der Waals surface area contributed by atoms with E-state index in [0.717, 1.165) is 6.07 Å². The van der Waals surface area contributed by atoms with Crippen LogP contribution in [-0.2, 0) is 4.74 Å². The molecule has 3 rings (SSSR count). The maximum atomic E-state index is 13.4. The van der Waals surface area contributed by atoms with Crippen LogP contribution in [0.15, 0.2) is 24.5 Å². The second-order valence-corrected chi connectivity index (χ2v) is 4.88. The van der Waals surface area contributed by atoms with E-state index in [9.17, 15) is 9.18 Å². The summed E-state index contributed by atoms with van der Waals surface area (Å²) >= 11 is 0. The molecule has 2 heterocycles. The van der Waals surface area contributed by atoms with Gasteiger partial charge in [-0.05, 0) is 24.6 Å². The van der Waals surface area contributed by atoms with Crippen molar-refractivity contribution in [1.29, 1.82) is 0 Å². The van der Waals surface area contributed by atoms with Gasteiger partial charge in [-0.1, -0.05) is 0 Å². The lowest BCUT2D eigenvalue weighted by atomic mass is 10.1. The fourth-order valence-electron chi connectivity index (χ4n) is 2.46. The van der Waals surface area contributed by atoms with E-state index < -0.39 is 17.8 Å². The molecule has 116 valence electrons. The van der Waals surface area contributed by atoms with Crippen LogP contribution < -0.4 is 10.1 Å². The van der Waals surface area contributed by atoms with Crippen LogP contribution in [0.25, 0.3) is 0 Å². The van der Waals surface area contributed by atoms with Gasteiger partial charge in [0.2, 0.25) is 0 Å². The van der Waals surface area contributed by atoms with Crippen LogP contribution >= 0.6 is 0 Å². The Morgan fingerprint density at radius 3 is 3.14 bits per heavy atom. The molecule has 8 heteroatoms. The number of aromatic amines is 1. The van der Waals surface area contributed by atoms with Crippen LogP contribution in [-0.4, -0.2) is 40.8 Å². The minimum absolute atomic E-state index is 0.144. The number of nitrogens with zero attached hydrogens (tertiary/aromatic N) is 2. The van der Waals surface area contributed by atoms with Crippen molar-refractivity contribution in [2.45, 2.75) is 18.6 Å². The lowest BCUT2D eigenvalue weighted by Gasteiger charge is -2.18. The summed E-state index contributed by atoms with van der Waals surface area (Å²) in [7, 11) is 1.43. The van der Waals surface area contributed by atoms with Crippen LogP contribution in [0, 0.1) is 5.82 Å². The summed E-state index contributed by atoms with van der Waals surface area (Å²) in [6.07, 6.45) is 1.62. The van der Waals surface area contributed by atoms with Gasteiger partial charge in [-0.3, -0.25) is 9.89 Å². The summed E-state index contributed by atoms with van der Waals surface area (Å²) in [5.41, 5.74) is 0.144. The second kappa shape index (κ2) is 6.10. The standard InChI is InChI=1S/C14H15FN4O3/c1-21-11-3-2-8(15)6-9(11)14(20)18-10-4-5-22-12(10)13-16-7-17-19-13/h2-3,6-7,10,12H,4-5H2,1H3,(H,18,20)(H,16,17,19)/t10-,12+/m0/s1. The second-order valence-electron chi connectivity index (χ2n) is 4.88. The summed E-state index contributed by atoms with van der Waals surface area (Å²) in [5.74, 6) is -0.0557. The number of nitrogens with one attached hydrogen (secondary N) is 2. The highest BCUT2D eigenvalue weighted by Gasteiger charge is 2.33. The zero-order valence-corrected chi connectivity index (χ0v) is 11.9. The number of aromatic nitrogens is 3. The van der Waals surface area contributed by atoms with Gasteiger partial charge in [0.1, 0.15) is 24.0 Å². The number of H-pyrrole nitrogens is 1. The minimum atomic E-state index is -0.500. The molecule has 1 aliphatic rings. The first-order valence-corrected chi connectivity index (χ1v) is 6.80. The third-order valence-electron chi connectivity index (χ3n) is 3.52. The Morgan fingerprint density at radius 2 is 2.41 bits per heavy atom. The summed E-state index contributed by atoms with van der Waals surface area (Å²) in [5, 5.41) is 9.35. The molecule has 0 aliphatic carbocycles. The number of carbonyl (C=O) groups excluding carboxylic acids is 1. The van der Waals surface area contributed by atoms with Gasteiger partial charge in [0.05, 0.1) is 18.7 Å². The molecule has 1 amide bonds. The molecular weight excluding hydrogens is 291 g/mol. The van der Waals surface area contributed by atoms with E-state index in [1.165, 1.54) is 25.6 Å². The summed E-state index contributed by atoms with van der Waals surface area (Å²) in [6, 6.07) is 3.54. The molecule has 7 nitrogen and oxygen atoms in total. The van der Waals surface area contributed by atoms with Gasteiger partial charge in [-0.2, -0.15) is 5.10 Å². The Kier molecular flexibility index (Phi) is 4.01. The van der Waals surface area contributed by atoms with E-state index in [1.54, 1.807) is 0 Å². The van der Waals surface area contributed by atoms with E-state index in [-0.39, 0.29) is 11.6 Å². The molecule has 1 aliphatic heterocycles. The lowest BCUT2D eigenvalue weighted by Crippen LogP contribution is -2.37. The predicted molar refractivity (Wildman–Crippen MR) is 73.9 cm³/mol. The van der Waals surface area contributed by atoms with Gasteiger partial charge in [-0.25, -0.2) is 9.37 Å². The highest BCUT2D eigenvalue weighted by molar-refractivity contribution is 5.97. The average Bonchev–Trinajstić information content (AvgIpc) is 3.17. The monoisotopic (exact) mass is 306 g/mol. The van der Waals surface area contributed by atoms with Crippen LogP contribution in [0.3, 0.4) is 0 Å². The van der Waals surface area contributed by atoms with Crippen molar-refractivity contribution in [3.8, 4) is 5.75 Å². The molecule has 2 atom stereocenters. The topological polar surface area (TPSA) is 89.1 Å². The summed E-state index contributed by atoms with van der Waals surface area (Å²) in [4.78, 5) is 16.4. The molecule has 22 heavy (non-hydrogen) atoms. The van der Waals surface area contributed by atoms with Gasteiger partial charge in [0, 0.05) is 6.61 Å². The molecule has 1 fully saturated rings. The first kappa shape index (κ1) is 14.5. The minimum Gasteiger partial charge on any atom is -0.496 e. The maximum Gasteiger partial charge on any atom is 0.255 e. The molecule has 2 aromatic rings. The van der Waals surface area contributed by atoms with Gasteiger partial charge in [0.15, 0.2) is 5.82 Å². The van der Waals surface area contributed by atoms with Gasteiger partial charge >= 0.3 is 0 Å². The van der Waals surface area contributed by atoms with Crippen molar-refractivity contribution >= 4 is 5.91 Å². The van der Waals surface area contributed by atoms with Gasteiger partial charge in [0.25, 0.3) is 5.91 Å². The zero-order chi connectivity index (χ0) is 15.5. The first-order valence-electron chi connectivity index (χ1n) is 6.80. The van der Waals surface area contributed by atoms with Crippen molar-refractivity contribution in [3.63, 3.8) is 0 Å². The SMILES string of the molecule is COc1ccc(F)cc1C(=O)N[C@H]1CCO[C@H]1c1ncn[nH]1. The third kappa shape index (κ3) is 2.77. The maximum absolute atomic E-state index is 13.4. The Bertz CT molecular complexity index is 662. The molecule has 1 aromatic heterocycles. The number of hydrogen-bond donors (Lipinski definition) is 2. The van der Waals surface area contributed by atoms with E-state index >= 15 is 0 Å². The quantitative estimate of drug-likeness (QED) is 0.886. The number of rotatable bonds is 4. The number of ether oxygens (including phenoxy) is 2. The van der Waals surface area contributed by atoms with E-state index in [4.69, 9.17) is 9.47 Å². The van der Waals surface area contributed by atoms with Crippen molar-refractivity contribution in [1.82, 2.24) is 20.5 Å².